The molecule has 1 aromatic rings. The maximum absolute atomic E-state index is 11.7. The van der Waals surface area contributed by atoms with Crippen molar-refractivity contribution < 1.29 is 9.72 Å². The lowest BCUT2D eigenvalue weighted by Gasteiger charge is -2.09. The number of carbonyl (C=O) groups is 1. The van der Waals surface area contributed by atoms with Crippen LogP contribution in [0.5, 0.6) is 0 Å². The Hall–Kier alpha value is -1.95. The maximum atomic E-state index is 11.7. The van der Waals surface area contributed by atoms with Crippen molar-refractivity contribution in [2.45, 2.75) is 26.7 Å². The number of rotatable bonds is 6. The maximum Gasteiger partial charge on any atom is 0.272 e. The summed E-state index contributed by atoms with van der Waals surface area (Å²) in [6.45, 7) is 4.19. The fourth-order valence-corrected chi connectivity index (χ4v) is 1.77. The number of hydrogen-bond donors (Lipinski definition) is 2. The largest absolute Gasteiger partial charge is 0.326 e. The van der Waals surface area contributed by atoms with Crippen LogP contribution in [0, 0.1) is 24.0 Å². The minimum Gasteiger partial charge on any atom is -0.326 e. The second-order valence-corrected chi connectivity index (χ2v) is 4.47. The number of anilines is 1. The zero-order chi connectivity index (χ0) is 14.4. The molecule has 1 amide bonds. The normalized spacial score (nSPS) is 10.3. The SMILES string of the molecule is CNCCCC(=O)Nc1cc(C)c([N+](=O)[O-])cc1C. The second kappa shape index (κ2) is 6.84. The molecule has 104 valence electrons. The highest BCUT2D eigenvalue weighted by Gasteiger charge is 2.14. The fraction of sp³-hybridized carbons (Fsp3) is 0.462. The Morgan fingerprint density at radius 3 is 2.58 bits per heavy atom. The van der Waals surface area contributed by atoms with E-state index in [1.54, 1.807) is 19.9 Å². The van der Waals surface area contributed by atoms with E-state index in [9.17, 15) is 14.9 Å². The highest BCUT2D eigenvalue weighted by Crippen LogP contribution is 2.26. The van der Waals surface area contributed by atoms with E-state index in [1.807, 2.05) is 7.05 Å². The van der Waals surface area contributed by atoms with Gasteiger partial charge in [0, 0.05) is 23.7 Å². The Balaban J connectivity index is 2.77. The summed E-state index contributed by atoms with van der Waals surface area (Å²) in [6.07, 6.45) is 1.18. The van der Waals surface area contributed by atoms with Crippen molar-refractivity contribution in [3.63, 3.8) is 0 Å². The first kappa shape index (κ1) is 15.1. The van der Waals surface area contributed by atoms with Gasteiger partial charge in [-0.1, -0.05) is 0 Å². The molecule has 1 aromatic carbocycles. The van der Waals surface area contributed by atoms with Crippen LogP contribution in [-0.2, 0) is 4.79 Å². The molecule has 19 heavy (non-hydrogen) atoms. The molecule has 0 aromatic heterocycles. The zero-order valence-electron chi connectivity index (χ0n) is 11.4. The number of aryl methyl sites for hydroxylation is 2. The highest BCUT2D eigenvalue weighted by atomic mass is 16.6. The molecule has 0 fully saturated rings. The van der Waals surface area contributed by atoms with E-state index in [2.05, 4.69) is 10.6 Å². The summed E-state index contributed by atoms with van der Waals surface area (Å²) in [5, 5.41) is 16.6. The van der Waals surface area contributed by atoms with Gasteiger partial charge in [0.05, 0.1) is 4.92 Å². The molecule has 0 saturated carbocycles. The third-order valence-electron chi connectivity index (χ3n) is 2.84. The molecule has 6 heteroatoms. The lowest BCUT2D eigenvalue weighted by atomic mass is 10.1. The van der Waals surface area contributed by atoms with Gasteiger partial charge in [0.1, 0.15) is 0 Å². The summed E-state index contributed by atoms with van der Waals surface area (Å²) in [7, 11) is 1.84. The number of nitrogens with one attached hydrogen (secondary N) is 2. The molecule has 2 N–H and O–H groups in total. The van der Waals surface area contributed by atoms with Crippen LogP contribution in [0.3, 0.4) is 0 Å². The number of carbonyl (C=O) groups excluding carboxylic acids is 1. The number of benzene rings is 1. The topological polar surface area (TPSA) is 84.3 Å². The van der Waals surface area contributed by atoms with Gasteiger partial charge in [-0.3, -0.25) is 14.9 Å². The minimum absolute atomic E-state index is 0.0747. The van der Waals surface area contributed by atoms with E-state index in [4.69, 9.17) is 0 Å². The van der Waals surface area contributed by atoms with Gasteiger partial charge in [0.2, 0.25) is 5.91 Å². The third kappa shape index (κ3) is 4.33. The average Bonchev–Trinajstić information content (AvgIpc) is 2.33. The summed E-state index contributed by atoms with van der Waals surface area (Å²) in [5.41, 5.74) is 1.95. The van der Waals surface area contributed by atoms with Crippen molar-refractivity contribution in [1.82, 2.24) is 5.32 Å². The van der Waals surface area contributed by atoms with Crippen molar-refractivity contribution in [2.75, 3.05) is 18.9 Å². The predicted molar refractivity (Wildman–Crippen MR) is 74.4 cm³/mol. The summed E-state index contributed by atoms with van der Waals surface area (Å²) < 4.78 is 0. The molecule has 0 aliphatic carbocycles. The standard InChI is InChI=1S/C13H19N3O3/c1-9-8-12(16(18)19)10(2)7-11(9)15-13(17)5-4-6-14-3/h7-8,14H,4-6H2,1-3H3,(H,15,17). The molecule has 0 unspecified atom stereocenters. The minimum atomic E-state index is -0.416. The molecule has 0 spiro atoms. The van der Waals surface area contributed by atoms with Gasteiger partial charge in [-0.15, -0.1) is 0 Å². The smallest absolute Gasteiger partial charge is 0.272 e. The first-order chi connectivity index (χ1) is 8.95. The van der Waals surface area contributed by atoms with Gasteiger partial charge >= 0.3 is 0 Å². The summed E-state index contributed by atoms with van der Waals surface area (Å²) in [4.78, 5) is 22.1. The van der Waals surface area contributed by atoms with Crippen LogP contribution in [0.4, 0.5) is 11.4 Å². The third-order valence-corrected chi connectivity index (χ3v) is 2.84. The van der Waals surface area contributed by atoms with E-state index >= 15 is 0 Å². The van der Waals surface area contributed by atoms with E-state index in [-0.39, 0.29) is 11.6 Å². The van der Waals surface area contributed by atoms with Crippen LogP contribution < -0.4 is 10.6 Å². The van der Waals surface area contributed by atoms with Gasteiger partial charge in [0.15, 0.2) is 0 Å². The Kier molecular flexibility index (Phi) is 5.44. The number of nitrogens with zero attached hydrogens (tertiary/aromatic N) is 1. The lowest BCUT2D eigenvalue weighted by Crippen LogP contribution is -2.16. The zero-order valence-corrected chi connectivity index (χ0v) is 11.4. The van der Waals surface area contributed by atoms with E-state index in [0.29, 0.717) is 23.2 Å². The molecule has 0 radical (unpaired) electrons. The highest BCUT2D eigenvalue weighted by molar-refractivity contribution is 5.91. The van der Waals surface area contributed by atoms with Crippen molar-refractivity contribution >= 4 is 17.3 Å². The molecule has 0 atom stereocenters. The molecular formula is C13H19N3O3. The summed E-state index contributed by atoms with van der Waals surface area (Å²) >= 11 is 0. The van der Waals surface area contributed by atoms with Crippen molar-refractivity contribution in [3.05, 3.63) is 33.4 Å². The summed E-state index contributed by atoms with van der Waals surface area (Å²) in [5.74, 6) is -0.0772. The molecule has 0 saturated heterocycles. The van der Waals surface area contributed by atoms with Crippen LogP contribution in [-0.4, -0.2) is 24.4 Å². The number of nitro benzene ring substituents is 1. The first-order valence-corrected chi connectivity index (χ1v) is 6.15. The van der Waals surface area contributed by atoms with E-state index in [1.165, 1.54) is 6.07 Å². The monoisotopic (exact) mass is 265 g/mol. The molecule has 0 aliphatic rings. The Morgan fingerprint density at radius 2 is 2.00 bits per heavy atom. The lowest BCUT2D eigenvalue weighted by molar-refractivity contribution is -0.385. The molecule has 0 aliphatic heterocycles. The van der Waals surface area contributed by atoms with Crippen LogP contribution in [0.1, 0.15) is 24.0 Å². The second-order valence-electron chi connectivity index (χ2n) is 4.47. The van der Waals surface area contributed by atoms with Gasteiger partial charge in [-0.2, -0.15) is 0 Å². The summed E-state index contributed by atoms with van der Waals surface area (Å²) in [6, 6.07) is 3.13. The van der Waals surface area contributed by atoms with Crippen LogP contribution in [0.15, 0.2) is 12.1 Å². The van der Waals surface area contributed by atoms with Crippen molar-refractivity contribution in [1.29, 1.82) is 0 Å². The number of hydrogen-bond acceptors (Lipinski definition) is 4. The van der Waals surface area contributed by atoms with E-state index in [0.717, 1.165) is 13.0 Å². The average molecular weight is 265 g/mol. The first-order valence-electron chi connectivity index (χ1n) is 6.15. The molecule has 6 nitrogen and oxygen atoms in total. The van der Waals surface area contributed by atoms with Gasteiger partial charge < -0.3 is 10.6 Å². The fourth-order valence-electron chi connectivity index (χ4n) is 1.77. The van der Waals surface area contributed by atoms with Crippen LogP contribution in [0.25, 0.3) is 0 Å². The van der Waals surface area contributed by atoms with Gasteiger partial charge in [-0.05, 0) is 45.5 Å². The van der Waals surface area contributed by atoms with E-state index < -0.39 is 4.92 Å². The van der Waals surface area contributed by atoms with Gasteiger partial charge in [0.25, 0.3) is 5.69 Å². The number of amides is 1. The van der Waals surface area contributed by atoms with Crippen LogP contribution >= 0.6 is 0 Å². The molecule has 0 bridgehead atoms. The quantitative estimate of drug-likeness (QED) is 0.469. The number of nitro groups is 1. The Labute approximate surface area is 112 Å². The van der Waals surface area contributed by atoms with Gasteiger partial charge in [-0.25, -0.2) is 0 Å². The molecule has 0 heterocycles. The van der Waals surface area contributed by atoms with Crippen LogP contribution in [0.2, 0.25) is 0 Å². The Bertz CT molecular complexity index is 486. The molecular weight excluding hydrogens is 246 g/mol. The van der Waals surface area contributed by atoms with Crippen molar-refractivity contribution in [3.8, 4) is 0 Å². The Morgan fingerprint density at radius 1 is 1.32 bits per heavy atom. The molecule has 1 rings (SSSR count). The van der Waals surface area contributed by atoms with Crippen molar-refractivity contribution in [2.24, 2.45) is 0 Å². The predicted octanol–water partition coefficient (Wildman–Crippen LogP) is 2.15.